The van der Waals surface area contributed by atoms with Crippen LogP contribution in [0.2, 0.25) is 0 Å². The molecule has 36 heavy (non-hydrogen) atoms. The Hall–Kier alpha value is -2.91. The second-order valence-electron chi connectivity index (χ2n) is 9.52. The van der Waals surface area contributed by atoms with Crippen molar-refractivity contribution in [2.24, 2.45) is 5.92 Å². The first-order chi connectivity index (χ1) is 17.3. The van der Waals surface area contributed by atoms with Gasteiger partial charge in [-0.2, -0.15) is 0 Å². The van der Waals surface area contributed by atoms with Crippen LogP contribution in [0.25, 0.3) is 0 Å². The maximum absolute atomic E-state index is 12.8. The number of carbonyl (C=O) groups excluding carboxylic acids is 2. The molecule has 0 radical (unpaired) electrons. The van der Waals surface area contributed by atoms with Crippen LogP contribution in [0.4, 0.5) is 5.69 Å². The molecule has 2 aliphatic rings. The van der Waals surface area contributed by atoms with Gasteiger partial charge >= 0.3 is 0 Å². The largest absolute Gasteiger partial charge is 0.394 e. The highest BCUT2D eigenvalue weighted by Gasteiger charge is 2.29. The van der Waals surface area contributed by atoms with Crippen molar-refractivity contribution < 1.29 is 23.1 Å². The first-order valence-electron chi connectivity index (χ1n) is 12.7. The van der Waals surface area contributed by atoms with E-state index in [9.17, 15) is 23.1 Å². The lowest BCUT2D eigenvalue weighted by atomic mass is 10.1. The number of anilines is 1. The van der Waals surface area contributed by atoms with Gasteiger partial charge in [-0.05, 0) is 54.8 Å². The molecule has 1 saturated carbocycles. The number of aliphatic hydroxyl groups excluding tert-OH is 1. The molecule has 2 amide bonds. The summed E-state index contributed by atoms with van der Waals surface area (Å²) >= 11 is 0. The van der Waals surface area contributed by atoms with Crippen molar-refractivity contribution in [1.29, 1.82) is 0 Å². The Kier molecular flexibility index (Phi) is 8.31. The minimum absolute atomic E-state index is 0.0107. The zero-order valence-corrected chi connectivity index (χ0v) is 21.5. The fraction of sp³-hybridized carbons (Fsp3) is 0.481. The normalized spacial score (nSPS) is 17.7. The topological polar surface area (TPSA) is 107 Å². The van der Waals surface area contributed by atoms with Gasteiger partial charge in [0.2, 0.25) is 5.91 Å². The number of carbonyl (C=O) groups is 2. The molecule has 0 bridgehead atoms. The molecule has 2 N–H and O–H groups in total. The number of rotatable bonds is 8. The van der Waals surface area contributed by atoms with Crippen molar-refractivity contribution in [3.05, 3.63) is 59.7 Å². The average Bonchev–Trinajstić information content (AvgIpc) is 3.47. The van der Waals surface area contributed by atoms with Crippen LogP contribution in [-0.2, 0) is 14.6 Å². The first kappa shape index (κ1) is 26.2. The maximum Gasteiger partial charge on any atom is 0.251 e. The number of nitrogens with one attached hydrogen (secondary N) is 1. The lowest BCUT2D eigenvalue weighted by molar-refractivity contribution is -0.135. The van der Waals surface area contributed by atoms with Gasteiger partial charge in [0, 0.05) is 43.3 Å². The number of hydrogen-bond donors (Lipinski definition) is 2. The van der Waals surface area contributed by atoms with Crippen LogP contribution < -0.4 is 10.2 Å². The van der Waals surface area contributed by atoms with Crippen LogP contribution in [0.5, 0.6) is 0 Å². The lowest BCUT2D eigenvalue weighted by Gasteiger charge is -2.37. The SMILES string of the molecule is CCS(=O)(=O)c1ccc(C(CO)NC(=O)c2ccc(N3CCN(C(=O)C4CCCC4)CC3)cc2)cc1. The molecule has 8 nitrogen and oxygen atoms in total. The molecule has 2 fully saturated rings. The molecule has 2 aromatic rings. The summed E-state index contributed by atoms with van der Waals surface area (Å²) in [7, 11) is -3.31. The highest BCUT2D eigenvalue weighted by Crippen LogP contribution is 2.27. The second kappa shape index (κ2) is 11.4. The Morgan fingerprint density at radius 3 is 2.14 bits per heavy atom. The molecule has 0 spiro atoms. The number of benzene rings is 2. The molecule has 4 rings (SSSR count). The van der Waals surface area contributed by atoms with E-state index in [-0.39, 0.29) is 29.1 Å². The molecule has 0 aromatic heterocycles. The highest BCUT2D eigenvalue weighted by molar-refractivity contribution is 7.91. The molecule has 1 heterocycles. The van der Waals surface area contributed by atoms with Gasteiger partial charge in [0.15, 0.2) is 9.84 Å². The van der Waals surface area contributed by atoms with Crippen molar-refractivity contribution in [3.8, 4) is 0 Å². The van der Waals surface area contributed by atoms with E-state index < -0.39 is 15.9 Å². The Morgan fingerprint density at radius 2 is 1.58 bits per heavy atom. The lowest BCUT2D eigenvalue weighted by Crippen LogP contribution is -2.50. The third-order valence-electron chi connectivity index (χ3n) is 7.30. The number of nitrogens with zero attached hydrogens (tertiary/aromatic N) is 2. The molecule has 9 heteroatoms. The number of amides is 2. The zero-order chi connectivity index (χ0) is 25.7. The maximum atomic E-state index is 12.8. The summed E-state index contributed by atoms with van der Waals surface area (Å²) < 4.78 is 24.0. The van der Waals surface area contributed by atoms with Gasteiger partial charge in [-0.25, -0.2) is 8.42 Å². The van der Waals surface area contributed by atoms with Crippen molar-refractivity contribution in [1.82, 2.24) is 10.2 Å². The van der Waals surface area contributed by atoms with Gasteiger partial charge in [-0.1, -0.05) is 31.9 Å². The van der Waals surface area contributed by atoms with Crippen LogP contribution in [0.15, 0.2) is 53.4 Å². The molecule has 1 aliphatic carbocycles. The van der Waals surface area contributed by atoms with Gasteiger partial charge in [-0.15, -0.1) is 0 Å². The van der Waals surface area contributed by atoms with Crippen LogP contribution in [0.1, 0.15) is 54.6 Å². The Labute approximate surface area is 213 Å². The van der Waals surface area contributed by atoms with Crippen LogP contribution in [0, 0.1) is 5.92 Å². The number of aliphatic hydroxyl groups is 1. The minimum Gasteiger partial charge on any atom is -0.394 e. The van der Waals surface area contributed by atoms with E-state index in [0.29, 0.717) is 30.1 Å². The van der Waals surface area contributed by atoms with E-state index in [0.717, 1.165) is 44.5 Å². The van der Waals surface area contributed by atoms with E-state index in [2.05, 4.69) is 10.2 Å². The first-order valence-corrected chi connectivity index (χ1v) is 14.4. The number of hydrogen-bond acceptors (Lipinski definition) is 6. The smallest absolute Gasteiger partial charge is 0.251 e. The predicted octanol–water partition coefficient (Wildman–Crippen LogP) is 2.78. The summed E-state index contributed by atoms with van der Waals surface area (Å²) in [5.74, 6) is 0.202. The second-order valence-corrected chi connectivity index (χ2v) is 11.8. The van der Waals surface area contributed by atoms with Gasteiger partial charge < -0.3 is 20.2 Å². The zero-order valence-electron chi connectivity index (χ0n) is 20.7. The standard InChI is InChI=1S/C27H35N3O5S/c1-2-36(34,35)24-13-9-20(10-14-24)25(19-31)28-26(32)21-7-11-23(12-8-21)29-15-17-30(18-16-29)27(33)22-5-3-4-6-22/h7-14,22,25,31H,2-6,15-19H2,1H3,(H,28,32). The van der Waals surface area contributed by atoms with E-state index in [1.165, 1.54) is 12.1 Å². The number of piperazine rings is 1. The fourth-order valence-corrected chi connectivity index (χ4v) is 5.87. The Bertz CT molecular complexity index is 1150. The quantitative estimate of drug-likeness (QED) is 0.562. The third kappa shape index (κ3) is 5.90. The molecule has 1 saturated heterocycles. The van der Waals surface area contributed by atoms with Crippen molar-refractivity contribution >= 4 is 27.3 Å². The van der Waals surface area contributed by atoms with Crippen LogP contribution in [0.3, 0.4) is 0 Å². The Morgan fingerprint density at radius 1 is 0.972 bits per heavy atom. The molecule has 1 atom stereocenters. The summed E-state index contributed by atoms with van der Waals surface area (Å²) in [4.78, 5) is 29.9. The van der Waals surface area contributed by atoms with Crippen molar-refractivity contribution in [3.63, 3.8) is 0 Å². The summed E-state index contributed by atoms with van der Waals surface area (Å²) in [6, 6.07) is 12.9. The van der Waals surface area contributed by atoms with Crippen LogP contribution in [-0.4, -0.2) is 68.8 Å². The number of sulfone groups is 1. The van der Waals surface area contributed by atoms with E-state index in [1.807, 2.05) is 17.0 Å². The van der Waals surface area contributed by atoms with Crippen molar-refractivity contribution in [2.45, 2.75) is 43.5 Å². The van der Waals surface area contributed by atoms with E-state index >= 15 is 0 Å². The molecule has 194 valence electrons. The minimum atomic E-state index is -3.31. The van der Waals surface area contributed by atoms with E-state index in [1.54, 1.807) is 31.2 Å². The summed E-state index contributed by atoms with van der Waals surface area (Å²) in [6.07, 6.45) is 4.35. The van der Waals surface area contributed by atoms with Gasteiger partial charge in [0.25, 0.3) is 5.91 Å². The average molecular weight is 514 g/mol. The monoisotopic (exact) mass is 513 g/mol. The summed E-state index contributed by atoms with van der Waals surface area (Å²) in [6.45, 7) is 4.24. The third-order valence-corrected chi connectivity index (χ3v) is 9.05. The van der Waals surface area contributed by atoms with Crippen LogP contribution >= 0.6 is 0 Å². The fourth-order valence-electron chi connectivity index (χ4n) is 4.99. The predicted molar refractivity (Wildman–Crippen MR) is 139 cm³/mol. The molecule has 1 unspecified atom stereocenters. The molecule has 2 aromatic carbocycles. The van der Waals surface area contributed by atoms with Gasteiger partial charge in [0.05, 0.1) is 23.3 Å². The summed E-state index contributed by atoms with van der Waals surface area (Å²) in [5, 5.41) is 12.6. The van der Waals surface area contributed by atoms with E-state index in [4.69, 9.17) is 0 Å². The summed E-state index contributed by atoms with van der Waals surface area (Å²) in [5.41, 5.74) is 2.10. The molecular formula is C27H35N3O5S. The van der Waals surface area contributed by atoms with Gasteiger partial charge in [-0.3, -0.25) is 9.59 Å². The van der Waals surface area contributed by atoms with Gasteiger partial charge in [0.1, 0.15) is 0 Å². The Balaban J connectivity index is 1.33. The highest BCUT2D eigenvalue weighted by atomic mass is 32.2. The molecule has 1 aliphatic heterocycles. The molecular weight excluding hydrogens is 478 g/mol. The van der Waals surface area contributed by atoms with Crippen molar-refractivity contribution in [2.75, 3.05) is 43.4 Å².